The first kappa shape index (κ1) is 20.3. The second-order valence-corrected chi connectivity index (χ2v) is 10.5. The van der Waals surface area contributed by atoms with Gasteiger partial charge in [-0.15, -0.1) is 0 Å². The highest BCUT2D eigenvalue weighted by Crippen LogP contribution is 2.36. The molecular weight excluding hydrogens is 487 g/mol. The third-order valence-corrected chi connectivity index (χ3v) is 8.71. The van der Waals surface area contributed by atoms with E-state index in [0.29, 0.717) is 63.8 Å². The molecule has 2 N–H and O–H groups in total. The van der Waals surface area contributed by atoms with Gasteiger partial charge in [-0.2, -0.15) is 5.10 Å². The minimum Gasteiger partial charge on any atom is -0.381 e. The normalized spacial score (nSPS) is 15.5. The van der Waals surface area contributed by atoms with Crippen molar-refractivity contribution in [1.29, 1.82) is 0 Å². The number of pyridine rings is 1. The summed E-state index contributed by atoms with van der Waals surface area (Å²) >= 11 is 3.42. The first-order valence-electron chi connectivity index (χ1n) is 9.74. The van der Waals surface area contributed by atoms with E-state index in [-0.39, 0.29) is 10.7 Å². The first-order valence-corrected chi connectivity index (χ1v) is 12.1. The second-order valence-electron chi connectivity index (χ2n) is 7.40. The van der Waals surface area contributed by atoms with Gasteiger partial charge in [0.25, 0.3) is 0 Å². The fourth-order valence-corrected chi connectivity index (χ4v) is 6.64. The largest absolute Gasteiger partial charge is 0.381 e. The third-order valence-electron chi connectivity index (χ3n) is 5.49. The molecule has 1 fully saturated rings. The van der Waals surface area contributed by atoms with Crippen LogP contribution in [0.5, 0.6) is 0 Å². The van der Waals surface area contributed by atoms with Gasteiger partial charge in [0.05, 0.1) is 26.9 Å². The highest BCUT2D eigenvalue weighted by molar-refractivity contribution is 9.10. The van der Waals surface area contributed by atoms with Gasteiger partial charge in [-0.05, 0) is 65.2 Å². The first-order chi connectivity index (χ1) is 14.9. The second kappa shape index (κ2) is 7.85. The number of benzene rings is 2. The van der Waals surface area contributed by atoms with E-state index in [9.17, 15) is 12.8 Å². The predicted molar refractivity (Wildman–Crippen MR) is 120 cm³/mol. The van der Waals surface area contributed by atoms with Gasteiger partial charge in [-0.3, -0.25) is 10.1 Å². The maximum atomic E-state index is 13.7. The molecule has 31 heavy (non-hydrogen) atoms. The zero-order valence-electron chi connectivity index (χ0n) is 16.2. The van der Waals surface area contributed by atoms with Crippen LogP contribution >= 0.6 is 15.9 Å². The van der Waals surface area contributed by atoms with Crippen molar-refractivity contribution in [2.45, 2.75) is 23.0 Å². The monoisotopic (exact) mass is 504 g/mol. The molecule has 1 aliphatic heterocycles. The molecule has 0 radical (unpaired) electrons. The molecular formula is C21H18BrFN4O3S. The summed E-state index contributed by atoms with van der Waals surface area (Å²) in [7, 11) is -3.56. The lowest BCUT2D eigenvalue weighted by atomic mass is 10.2. The number of nitrogens with zero attached hydrogens (tertiary/aromatic N) is 2. The standard InChI is InChI=1S/C21H18BrFN4O3S/c22-16-11-19-14(10-20(16)31(28,29)13-4-7-30-8-5-13)17(3-6-24-19)25-21-15-9-12(23)1-2-18(15)26-27-21/h1-3,6,9-11,13H,4-5,7-8H2,(H2,24,25,26,27). The van der Waals surface area contributed by atoms with Gasteiger partial charge in [0.1, 0.15) is 5.82 Å². The molecule has 0 saturated carbocycles. The van der Waals surface area contributed by atoms with Crippen LogP contribution in [0.2, 0.25) is 0 Å². The van der Waals surface area contributed by atoms with E-state index in [2.05, 4.69) is 36.4 Å². The third kappa shape index (κ3) is 3.68. The maximum Gasteiger partial charge on any atom is 0.182 e. The summed E-state index contributed by atoms with van der Waals surface area (Å²) in [6.45, 7) is 0.874. The summed E-state index contributed by atoms with van der Waals surface area (Å²) in [5, 5.41) is 11.0. The van der Waals surface area contributed by atoms with Crippen LogP contribution in [0, 0.1) is 5.82 Å². The van der Waals surface area contributed by atoms with Crippen molar-refractivity contribution in [2.24, 2.45) is 0 Å². The summed E-state index contributed by atoms with van der Waals surface area (Å²) < 4.78 is 46.1. The molecule has 0 aliphatic carbocycles. The molecule has 0 unspecified atom stereocenters. The minimum atomic E-state index is -3.56. The van der Waals surface area contributed by atoms with Crippen LogP contribution < -0.4 is 5.32 Å². The van der Waals surface area contributed by atoms with Crippen LogP contribution in [0.1, 0.15) is 12.8 Å². The number of aromatic amines is 1. The van der Waals surface area contributed by atoms with Gasteiger partial charge >= 0.3 is 0 Å². The Balaban J connectivity index is 1.61. The van der Waals surface area contributed by atoms with Gasteiger partial charge < -0.3 is 10.1 Å². The molecule has 3 heterocycles. The van der Waals surface area contributed by atoms with E-state index in [1.54, 1.807) is 30.5 Å². The molecule has 2 aromatic heterocycles. The quantitative estimate of drug-likeness (QED) is 0.417. The van der Waals surface area contributed by atoms with Crippen molar-refractivity contribution < 1.29 is 17.5 Å². The highest BCUT2D eigenvalue weighted by Gasteiger charge is 2.31. The van der Waals surface area contributed by atoms with E-state index in [0.717, 1.165) is 0 Å². The van der Waals surface area contributed by atoms with E-state index >= 15 is 0 Å². The molecule has 2 aromatic carbocycles. The molecule has 10 heteroatoms. The number of fused-ring (bicyclic) bond motifs is 2. The van der Waals surface area contributed by atoms with Crippen molar-refractivity contribution >= 4 is 59.1 Å². The number of nitrogens with one attached hydrogen (secondary N) is 2. The maximum absolute atomic E-state index is 13.7. The summed E-state index contributed by atoms with van der Waals surface area (Å²) in [4.78, 5) is 4.59. The van der Waals surface area contributed by atoms with E-state index in [1.165, 1.54) is 12.1 Å². The Labute approximate surface area is 186 Å². The lowest BCUT2D eigenvalue weighted by Gasteiger charge is -2.23. The number of ether oxygens (including phenoxy) is 1. The molecule has 1 saturated heterocycles. The number of rotatable bonds is 4. The Bertz CT molecular complexity index is 1400. The van der Waals surface area contributed by atoms with Crippen molar-refractivity contribution in [1.82, 2.24) is 15.2 Å². The summed E-state index contributed by atoms with van der Waals surface area (Å²) in [6, 6.07) is 9.44. The predicted octanol–water partition coefficient (Wildman–Crippen LogP) is 4.71. The van der Waals surface area contributed by atoms with Crippen molar-refractivity contribution in [3.63, 3.8) is 0 Å². The average molecular weight is 505 g/mol. The SMILES string of the molecule is O=S(=O)(c1cc2c(Nc3n[nH]c4ccc(F)cc34)ccnc2cc1Br)C1CCOCC1. The molecule has 160 valence electrons. The Morgan fingerprint density at radius 1 is 1.13 bits per heavy atom. The molecule has 0 spiro atoms. The zero-order chi connectivity index (χ0) is 21.6. The Morgan fingerprint density at radius 3 is 2.74 bits per heavy atom. The number of sulfone groups is 1. The minimum absolute atomic E-state index is 0.223. The van der Waals surface area contributed by atoms with Crippen LogP contribution in [0.4, 0.5) is 15.9 Å². The van der Waals surface area contributed by atoms with Crippen molar-refractivity contribution in [2.75, 3.05) is 18.5 Å². The number of aromatic nitrogens is 3. The number of anilines is 2. The van der Waals surface area contributed by atoms with Gasteiger partial charge in [0, 0.05) is 34.7 Å². The summed E-state index contributed by atoms with van der Waals surface area (Å²) in [5.41, 5.74) is 1.93. The topological polar surface area (TPSA) is 97.0 Å². The zero-order valence-corrected chi connectivity index (χ0v) is 18.6. The van der Waals surface area contributed by atoms with Crippen LogP contribution in [0.3, 0.4) is 0 Å². The molecule has 5 rings (SSSR count). The molecule has 7 nitrogen and oxygen atoms in total. The Hall–Kier alpha value is -2.56. The lowest BCUT2D eigenvalue weighted by Crippen LogP contribution is -2.29. The molecule has 4 aromatic rings. The number of hydrogen-bond acceptors (Lipinski definition) is 6. The molecule has 0 bridgehead atoms. The fraction of sp³-hybridized carbons (Fsp3) is 0.238. The molecule has 1 aliphatic rings. The molecule has 0 atom stereocenters. The van der Waals surface area contributed by atoms with Crippen molar-refractivity contribution in [3.05, 3.63) is 52.9 Å². The van der Waals surface area contributed by atoms with Gasteiger partial charge in [-0.1, -0.05) is 0 Å². The van der Waals surface area contributed by atoms with Crippen LogP contribution in [-0.4, -0.2) is 42.1 Å². The fourth-order valence-electron chi connectivity index (χ4n) is 3.85. The summed E-state index contributed by atoms with van der Waals surface area (Å²) in [5.74, 6) is 0.0732. The van der Waals surface area contributed by atoms with Gasteiger partial charge in [0.15, 0.2) is 15.7 Å². The highest BCUT2D eigenvalue weighted by atomic mass is 79.9. The van der Waals surface area contributed by atoms with E-state index in [4.69, 9.17) is 4.74 Å². The van der Waals surface area contributed by atoms with E-state index < -0.39 is 15.1 Å². The van der Waals surface area contributed by atoms with Crippen LogP contribution in [0.25, 0.3) is 21.8 Å². The Morgan fingerprint density at radius 2 is 1.94 bits per heavy atom. The van der Waals surface area contributed by atoms with E-state index in [1.807, 2.05) is 0 Å². The van der Waals surface area contributed by atoms with Gasteiger partial charge in [-0.25, -0.2) is 12.8 Å². The van der Waals surface area contributed by atoms with Gasteiger partial charge in [0.2, 0.25) is 0 Å². The lowest BCUT2D eigenvalue weighted by molar-refractivity contribution is 0.0983. The summed E-state index contributed by atoms with van der Waals surface area (Å²) in [6.07, 6.45) is 2.56. The number of H-pyrrole nitrogens is 1. The molecule has 0 amide bonds. The number of halogens is 2. The van der Waals surface area contributed by atoms with Crippen LogP contribution in [-0.2, 0) is 14.6 Å². The van der Waals surface area contributed by atoms with Crippen molar-refractivity contribution in [3.8, 4) is 0 Å². The number of hydrogen-bond donors (Lipinski definition) is 2. The Kier molecular flexibility index (Phi) is 5.15. The smallest absolute Gasteiger partial charge is 0.182 e. The average Bonchev–Trinajstić information content (AvgIpc) is 3.15. The van der Waals surface area contributed by atoms with Crippen LogP contribution in [0.15, 0.2) is 52.0 Å².